The van der Waals surface area contributed by atoms with Crippen LogP contribution in [0.15, 0.2) is 41.7 Å². The molecule has 1 unspecified atom stereocenters. The van der Waals surface area contributed by atoms with Gasteiger partial charge in [-0.15, -0.1) is 0 Å². The Bertz CT molecular complexity index is 564. The molecule has 1 saturated carbocycles. The maximum Gasteiger partial charge on any atom is 0.163 e. The molecule has 1 spiro atoms. The Labute approximate surface area is 119 Å². The number of Topliss-reactive ketones (excluding diaryl/α,β-unsaturated/α-hetero) is 1. The van der Waals surface area contributed by atoms with E-state index in [2.05, 4.69) is 24.3 Å². The maximum absolute atomic E-state index is 12.3. The van der Waals surface area contributed by atoms with Gasteiger partial charge in [-0.25, -0.2) is 0 Å². The summed E-state index contributed by atoms with van der Waals surface area (Å²) in [6.07, 6.45) is 7.46. The first-order valence-electron chi connectivity index (χ1n) is 7.77. The average molecular weight is 268 g/mol. The van der Waals surface area contributed by atoms with Crippen molar-refractivity contribution in [1.82, 2.24) is 0 Å². The van der Waals surface area contributed by atoms with E-state index in [1.165, 1.54) is 31.2 Å². The predicted molar refractivity (Wildman–Crippen MR) is 77.1 cm³/mol. The second-order valence-electron chi connectivity index (χ2n) is 6.43. The normalized spacial score (nSPS) is 27.8. The van der Waals surface area contributed by atoms with E-state index in [4.69, 9.17) is 4.74 Å². The lowest BCUT2D eigenvalue weighted by Crippen LogP contribution is -2.31. The van der Waals surface area contributed by atoms with Gasteiger partial charge in [0.1, 0.15) is 11.9 Å². The molecule has 0 bridgehead atoms. The minimum Gasteiger partial charge on any atom is -0.490 e. The molecule has 1 fully saturated rings. The fourth-order valence-electron chi connectivity index (χ4n) is 4.37. The third-order valence-corrected chi connectivity index (χ3v) is 5.26. The van der Waals surface area contributed by atoms with Gasteiger partial charge in [0.2, 0.25) is 0 Å². The zero-order valence-electron chi connectivity index (χ0n) is 11.7. The summed E-state index contributed by atoms with van der Waals surface area (Å²) in [5, 5.41) is 0. The standard InChI is InChI=1S/C18H20O2/c19-14-8-9-15-17(14)18(10-4-5-11-18)12-16(20-15)13-6-2-1-3-7-13/h1-3,6-7,16H,4-5,8-12H2. The minimum absolute atomic E-state index is 0.127. The number of carbonyl (C=O) groups is 1. The Balaban J connectivity index is 1.75. The molecule has 1 aromatic rings. The molecule has 4 rings (SSSR count). The summed E-state index contributed by atoms with van der Waals surface area (Å²) in [7, 11) is 0. The van der Waals surface area contributed by atoms with Crippen molar-refractivity contribution in [3.63, 3.8) is 0 Å². The average Bonchev–Trinajstić information content (AvgIpc) is 3.08. The molecule has 0 saturated heterocycles. The number of fused-ring (bicyclic) bond motifs is 1. The number of allylic oxidation sites excluding steroid dienone is 2. The lowest BCUT2D eigenvalue weighted by Gasteiger charge is -2.39. The Morgan fingerprint density at radius 1 is 1.05 bits per heavy atom. The van der Waals surface area contributed by atoms with Gasteiger partial charge in [0.05, 0.1) is 0 Å². The molecular weight excluding hydrogens is 248 g/mol. The summed E-state index contributed by atoms with van der Waals surface area (Å²) >= 11 is 0. The largest absolute Gasteiger partial charge is 0.490 e. The minimum atomic E-state index is 0.127. The monoisotopic (exact) mass is 268 g/mol. The van der Waals surface area contributed by atoms with Gasteiger partial charge in [-0.1, -0.05) is 43.2 Å². The Morgan fingerprint density at radius 2 is 1.80 bits per heavy atom. The summed E-state index contributed by atoms with van der Waals surface area (Å²) in [5.41, 5.74) is 2.45. The van der Waals surface area contributed by atoms with E-state index in [1.54, 1.807) is 0 Å². The lowest BCUT2D eigenvalue weighted by atomic mass is 9.71. The first-order chi connectivity index (χ1) is 9.78. The van der Waals surface area contributed by atoms with Crippen LogP contribution in [-0.4, -0.2) is 5.78 Å². The highest BCUT2D eigenvalue weighted by molar-refractivity contribution is 5.99. The van der Waals surface area contributed by atoms with Crippen molar-refractivity contribution in [2.75, 3.05) is 0 Å². The van der Waals surface area contributed by atoms with E-state index in [0.29, 0.717) is 12.2 Å². The summed E-state index contributed by atoms with van der Waals surface area (Å²) < 4.78 is 6.21. The fraction of sp³-hybridized carbons (Fsp3) is 0.500. The molecule has 0 aromatic heterocycles. The van der Waals surface area contributed by atoms with Crippen LogP contribution in [-0.2, 0) is 9.53 Å². The topological polar surface area (TPSA) is 26.3 Å². The quantitative estimate of drug-likeness (QED) is 0.758. The van der Waals surface area contributed by atoms with Crippen molar-refractivity contribution < 1.29 is 9.53 Å². The van der Waals surface area contributed by atoms with E-state index >= 15 is 0 Å². The number of carbonyl (C=O) groups excluding carboxylic acids is 1. The lowest BCUT2D eigenvalue weighted by molar-refractivity contribution is -0.116. The van der Waals surface area contributed by atoms with Crippen molar-refractivity contribution in [3.05, 3.63) is 47.2 Å². The van der Waals surface area contributed by atoms with Crippen LogP contribution in [0, 0.1) is 5.41 Å². The van der Waals surface area contributed by atoms with E-state index in [9.17, 15) is 4.79 Å². The molecule has 1 aliphatic heterocycles. The highest BCUT2D eigenvalue weighted by Gasteiger charge is 2.49. The van der Waals surface area contributed by atoms with E-state index in [-0.39, 0.29) is 11.5 Å². The molecule has 2 nitrogen and oxygen atoms in total. The van der Waals surface area contributed by atoms with Gasteiger partial charge >= 0.3 is 0 Å². The Kier molecular flexibility index (Phi) is 2.73. The zero-order valence-corrected chi connectivity index (χ0v) is 11.7. The van der Waals surface area contributed by atoms with Crippen LogP contribution in [0.25, 0.3) is 0 Å². The van der Waals surface area contributed by atoms with E-state index in [1.807, 2.05) is 6.07 Å². The molecule has 1 aromatic carbocycles. The van der Waals surface area contributed by atoms with Crippen molar-refractivity contribution in [2.24, 2.45) is 5.41 Å². The summed E-state index contributed by atoms with van der Waals surface area (Å²) in [4.78, 5) is 12.3. The number of hydrogen-bond acceptors (Lipinski definition) is 2. The van der Waals surface area contributed by atoms with Gasteiger partial charge in [-0.2, -0.15) is 0 Å². The van der Waals surface area contributed by atoms with Gasteiger partial charge in [0.25, 0.3) is 0 Å². The van der Waals surface area contributed by atoms with Gasteiger partial charge in [-0.05, 0) is 24.8 Å². The SMILES string of the molecule is O=C1CCC2=C1C1(CCCC1)CC(c1ccccc1)O2. The van der Waals surface area contributed by atoms with E-state index in [0.717, 1.165) is 24.2 Å². The number of benzene rings is 1. The highest BCUT2D eigenvalue weighted by Crippen LogP contribution is 2.57. The molecule has 104 valence electrons. The highest BCUT2D eigenvalue weighted by atomic mass is 16.5. The first kappa shape index (κ1) is 12.2. The summed E-state index contributed by atoms with van der Waals surface area (Å²) in [6.45, 7) is 0. The molecule has 1 heterocycles. The van der Waals surface area contributed by atoms with Crippen molar-refractivity contribution in [1.29, 1.82) is 0 Å². The first-order valence-corrected chi connectivity index (χ1v) is 7.77. The smallest absolute Gasteiger partial charge is 0.163 e. The second kappa shape index (κ2) is 4.47. The molecular formula is C18H20O2. The van der Waals surface area contributed by atoms with Crippen LogP contribution in [0.1, 0.15) is 56.6 Å². The maximum atomic E-state index is 12.3. The number of ketones is 1. The van der Waals surface area contributed by atoms with Crippen LogP contribution < -0.4 is 0 Å². The third kappa shape index (κ3) is 1.74. The van der Waals surface area contributed by atoms with Crippen molar-refractivity contribution >= 4 is 5.78 Å². The Hall–Kier alpha value is -1.57. The van der Waals surface area contributed by atoms with Crippen molar-refractivity contribution in [3.8, 4) is 0 Å². The molecule has 0 N–H and O–H groups in total. The molecule has 0 amide bonds. The van der Waals surface area contributed by atoms with Crippen LogP contribution in [0.4, 0.5) is 0 Å². The third-order valence-electron chi connectivity index (χ3n) is 5.26. The number of ether oxygens (including phenoxy) is 1. The van der Waals surface area contributed by atoms with Crippen LogP contribution in [0.3, 0.4) is 0 Å². The van der Waals surface area contributed by atoms with Crippen LogP contribution in [0.2, 0.25) is 0 Å². The van der Waals surface area contributed by atoms with Gasteiger partial charge < -0.3 is 4.74 Å². The van der Waals surface area contributed by atoms with E-state index < -0.39 is 0 Å². The summed E-state index contributed by atoms with van der Waals surface area (Å²) in [6, 6.07) is 10.5. The predicted octanol–water partition coefficient (Wildman–Crippen LogP) is 4.33. The van der Waals surface area contributed by atoms with Crippen LogP contribution >= 0.6 is 0 Å². The fourth-order valence-corrected chi connectivity index (χ4v) is 4.37. The zero-order chi connectivity index (χ0) is 13.6. The summed E-state index contributed by atoms with van der Waals surface area (Å²) in [5.74, 6) is 1.37. The number of rotatable bonds is 1. The van der Waals surface area contributed by atoms with Gasteiger partial charge in [-0.3, -0.25) is 4.79 Å². The Morgan fingerprint density at radius 3 is 2.55 bits per heavy atom. The molecule has 2 heteroatoms. The molecule has 1 atom stereocenters. The van der Waals surface area contributed by atoms with Gasteiger partial charge in [0, 0.05) is 23.8 Å². The second-order valence-corrected chi connectivity index (χ2v) is 6.43. The molecule has 3 aliphatic rings. The molecule has 20 heavy (non-hydrogen) atoms. The van der Waals surface area contributed by atoms with Crippen LogP contribution in [0.5, 0.6) is 0 Å². The molecule has 2 aliphatic carbocycles. The van der Waals surface area contributed by atoms with Gasteiger partial charge in [0.15, 0.2) is 5.78 Å². The van der Waals surface area contributed by atoms with Crippen molar-refractivity contribution in [2.45, 2.75) is 51.0 Å². The number of hydrogen-bond donors (Lipinski definition) is 0. The molecule has 0 radical (unpaired) electrons.